The summed E-state index contributed by atoms with van der Waals surface area (Å²) in [5.41, 5.74) is 8.50. The molecule has 0 aromatic heterocycles. The zero-order chi connectivity index (χ0) is 17.8. The minimum absolute atomic E-state index is 0.00892. The number of hydrazine groups is 1. The Balaban J connectivity index is 1.60. The van der Waals surface area contributed by atoms with Crippen LogP contribution < -0.4 is 20.9 Å². The summed E-state index contributed by atoms with van der Waals surface area (Å²) in [6.07, 6.45) is 0.717. The molecule has 25 heavy (non-hydrogen) atoms. The van der Waals surface area contributed by atoms with Gasteiger partial charge in [0.1, 0.15) is 11.8 Å². The lowest BCUT2D eigenvalue weighted by atomic mass is 10.0. The molecule has 0 spiro atoms. The molecule has 0 aliphatic carbocycles. The van der Waals surface area contributed by atoms with E-state index in [0.29, 0.717) is 0 Å². The van der Waals surface area contributed by atoms with Crippen molar-refractivity contribution in [3.05, 3.63) is 64.1 Å². The van der Waals surface area contributed by atoms with Gasteiger partial charge < -0.3 is 10.1 Å². The standard InChI is InChI=1S/C19H22BrN3O2/c1-12(14-8-9-18(25-2)15(20)10-14)21-19(24)17-11-16(22-23-17)13-6-4-3-5-7-13/h3-10,12,16-17,22-23H,11H2,1-2H3,(H,21,24). The van der Waals surface area contributed by atoms with Crippen molar-refractivity contribution in [2.75, 3.05) is 7.11 Å². The first-order chi connectivity index (χ1) is 12.1. The molecule has 2 aromatic rings. The van der Waals surface area contributed by atoms with E-state index in [-0.39, 0.29) is 24.0 Å². The van der Waals surface area contributed by atoms with E-state index in [1.54, 1.807) is 7.11 Å². The van der Waals surface area contributed by atoms with Crippen molar-refractivity contribution in [3.8, 4) is 5.75 Å². The Labute approximate surface area is 156 Å². The molecule has 3 N–H and O–H groups in total. The van der Waals surface area contributed by atoms with Crippen LogP contribution in [-0.2, 0) is 4.79 Å². The SMILES string of the molecule is COc1ccc(C(C)NC(=O)C2CC(c3ccccc3)NN2)cc1Br. The number of benzene rings is 2. The van der Waals surface area contributed by atoms with Crippen LogP contribution >= 0.6 is 15.9 Å². The van der Waals surface area contributed by atoms with E-state index in [0.717, 1.165) is 22.2 Å². The maximum Gasteiger partial charge on any atom is 0.239 e. The number of hydrogen-bond acceptors (Lipinski definition) is 4. The Morgan fingerprint density at radius 2 is 2.00 bits per heavy atom. The number of nitrogens with one attached hydrogen (secondary N) is 3. The van der Waals surface area contributed by atoms with E-state index < -0.39 is 0 Å². The quantitative estimate of drug-likeness (QED) is 0.716. The molecule has 132 valence electrons. The molecule has 3 atom stereocenters. The topological polar surface area (TPSA) is 62.4 Å². The van der Waals surface area contributed by atoms with Crippen LogP contribution in [-0.4, -0.2) is 19.1 Å². The van der Waals surface area contributed by atoms with Gasteiger partial charge in [-0.25, -0.2) is 10.9 Å². The van der Waals surface area contributed by atoms with Crippen molar-refractivity contribution < 1.29 is 9.53 Å². The molecular weight excluding hydrogens is 382 g/mol. The molecule has 6 heteroatoms. The largest absolute Gasteiger partial charge is 0.496 e. The second kappa shape index (κ2) is 7.99. The minimum atomic E-state index is -0.255. The molecule has 1 aliphatic heterocycles. The molecule has 3 unspecified atom stereocenters. The lowest BCUT2D eigenvalue weighted by molar-refractivity contribution is -0.123. The van der Waals surface area contributed by atoms with E-state index in [1.165, 1.54) is 5.56 Å². The number of rotatable bonds is 5. The molecular formula is C19H22BrN3O2. The van der Waals surface area contributed by atoms with Crippen LogP contribution in [0.2, 0.25) is 0 Å². The van der Waals surface area contributed by atoms with Gasteiger partial charge in [0.15, 0.2) is 0 Å². The van der Waals surface area contributed by atoms with Crippen LogP contribution in [0.15, 0.2) is 53.0 Å². The van der Waals surface area contributed by atoms with Gasteiger partial charge in [0.2, 0.25) is 5.91 Å². The molecule has 1 amide bonds. The van der Waals surface area contributed by atoms with Gasteiger partial charge in [0, 0.05) is 6.04 Å². The Morgan fingerprint density at radius 1 is 1.24 bits per heavy atom. The number of halogens is 1. The third-order valence-corrected chi connectivity index (χ3v) is 5.08. The third-order valence-electron chi connectivity index (χ3n) is 4.46. The predicted molar refractivity (Wildman–Crippen MR) is 101 cm³/mol. The molecule has 1 aliphatic rings. The van der Waals surface area contributed by atoms with Crippen molar-refractivity contribution in [2.45, 2.75) is 31.5 Å². The first-order valence-electron chi connectivity index (χ1n) is 8.28. The van der Waals surface area contributed by atoms with Gasteiger partial charge in [-0.1, -0.05) is 36.4 Å². The van der Waals surface area contributed by atoms with Crippen LogP contribution in [0.4, 0.5) is 0 Å². The Bertz CT molecular complexity index is 739. The van der Waals surface area contributed by atoms with Crippen LogP contribution in [0.5, 0.6) is 5.75 Å². The van der Waals surface area contributed by atoms with Gasteiger partial charge in [0.25, 0.3) is 0 Å². The zero-order valence-electron chi connectivity index (χ0n) is 14.3. The summed E-state index contributed by atoms with van der Waals surface area (Å²) in [7, 11) is 1.63. The van der Waals surface area contributed by atoms with Gasteiger partial charge in [-0.15, -0.1) is 0 Å². The average molecular weight is 404 g/mol. The van der Waals surface area contributed by atoms with E-state index in [1.807, 2.05) is 43.3 Å². The van der Waals surface area contributed by atoms with Crippen LogP contribution in [0.3, 0.4) is 0 Å². The van der Waals surface area contributed by atoms with Crippen molar-refractivity contribution in [3.63, 3.8) is 0 Å². The second-order valence-corrected chi connectivity index (χ2v) is 7.02. The number of carbonyl (C=O) groups excluding carboxylic acids is 1. The average Bonchev–Trinajstić information content (AvgIpc) is 3.12. The molecule has 3 rings (SSSR count). The van der Waals surface area contributed by atoms with Crippen LogP contribution in [0.25, 0.3) is 0 Å². The maximum atomic E-state index is 12.6. The number of hydrogen-bond donors (Lipinski definition) is 3. The monoisotopic (exact) mass is 403 g/mol. The lowest BCUT2D eigenvalue weighted by Crippen LogP contribution is -2.43. The fourth-order valence-electron chi connectivity index (χ4n) is 2.98. The molecule has 1 fully saturated rings. The van der Waals surface area contributed by atoms with Gasteiger partial charge in [-0.3, -0.25) is 4.79 Å². The lowest BCUT2D eigenvalue weighted by Gasteiger charge is -2.18. The van der Waals surface area contributed by atoms with E-state index in [9.17, 15) is 4.79 Å². The summed E-state index contributed by atoms with van der Waals surface area (Å²) >= 11 is 3.48. The summed E-state index contributed by atoms with van der Waals surface area (Å²) < 4.78 is 6.12. The van der Waals surface area contributed by atoms with Crippen molar-refractivity contribution in [1.82, 2.24) is 16.2 Å². The first-order valence-corrected chi connectivity index (χ1v) is 9.07. The highest BCUT2D eigenvalue weighted by Gasteiger charge is 2.30. The highest BCUT2D eigenvalue weighted by atomic mass is 79.9. The zero-order valence-corrected chi connectivity index (χ0v) is 15.8. The Morgan fingerprint density at radius 3 is 2.68 bits per heavy atom. The number of carbonyl (C=O) groups is 1. The second-order valence-electron chi connectivity index (χ2n) is 6.16. The van der Waals surface area contributed by atoms with E-state index in [4.69, 9.17) is 4.74 Å². The number of ether oxygens (including phenoxy) is 1. The molecule has 0 bridgehead atoms. The number of amides is 1. The summed E-state index contributed by atoms with van der Waals surface area (Å²) in [4.78, 5) is 12.6. The predicted octanol–water partition coefficient (Wildman–Crippen LogP) is 3.24. The maximum absolute atomic E-state index is 12.6. The van der Waals surface area contributed by atoms with Gasteiger partial charge in [-0.2, -0.15) is 0 Å². The molecule has 0 saturated carbocycles. The van der Waals surface area contributed by atoms with Crippen LogP contribution in [0.1, 0.15) is 36.6 Å². The van der Waals surface area contributed by atoms with Crippen LogP contribution in [0, 0.1) is 0 Å². The summed E-state index contributed by atoms with van der Waals surface area (Å²) in [6, 6.07) is 15.8. The molecule has 2 aromatic carbocycles. The molecule has 1 saturated heterocycles. The highest BCUT2D eigenvalue weighted by Crippen LogP contribution is 2.28. The molecule has 1 heterocycles. The van der Waals surface area contributed by atoms with Crippen molar-refractivity contribution in [2.24, 2.45) is 0 Å². The Kier molecular flexibility index (Phi) is 5.73. The third kappa shape index (κ3) is 4.21. The van der Waals surface area contributed by atoms with Gasteiger partial charge in [0.05, 0.1) is 17.6 Å². The van der Waals surface area contributed by atoms with Gasteiger partial charge >= 0.3 is 0 Å². The van der Waals surface area contributed by atoms with E-state index in [2.05, 4.69) is 44.2 Å². The van der Waals surface area contributed by atoms with Crippen molar-refractivity contribution in [1.29, 1.82) is 0 Å². The van der Waals surface area contributed by atoms with Crippen molar-refractivity contribution >= 4 is 21.8 Å². The summed E-state index contributed by atoms with van der Waals surface area (Å²) in [5.74, 6) is 0.764. The van der Waals surface area contributed by atoms with E-state index >= 15 is 0 Å². The first kappa shape index (κ1) is 17.9. The fourth-order valence-corrected chi connectivity index (χ4v) is 3.54. The molecule has 5 nitrogen and oxygen atoms in total. The summed E-state index contributed by atoms with van der Waals surface area (Å²) in [6.45, 7) is 1.98. The number of methoxy groups -OCH3 is 1. The Hall–Kier alpha value is -1.89. The van der Waals surface area contributed by atoms with Gasteiger partial charge in [-0.05, 0) is 52.5 Å². The normalized spacial score (nSPS) is 20.9. The fraction of sp³-hybridized carbons (Fsp3) is 0.316. The smallest absolute Gasteiger partial charge is 0.239 e. The highest BCUT2D eigenvalue weighted by molar-refractivity contribution is 9.10. The molecule has 0 radical (unpaired) electrons. The summed E-state index contributed by atoms with van der Waals surface area (Å²) in [5, 5.41) is 3.07. The minimum Gasteiger partial charge on any atom is -0.496 e.